The third-order valence-electron chi connectivity index (χ3n) is 2.02. The lowest BCUT2D eigenvalue weighted by Crippen LogP contribution is -2.35. The highest BCUT2D eigenvalue weighted by Crippen LogP contribution is 2.14. The average Bonchev–Trinajstić information content (AvgIpc) is 2.30. The smallest absolute Gasteiger partial charge is 0.352 e. The summed E-state index contributed by atoms with van der Waals surface area (Å²) in [6.07, 6.45) is 3.15. The van der Waals surface area contributed by atoms with Gasteiger partial charge in [-0.15, -0.1) is 0 Å². The van der Waals surface area contributed by atoms with Crippen molar-refractivity contribution in [3.8, 4) is 0 Å². The van der Waals surface area contributed by atoms with Crippen LogP contribution in [0.5, 0.6) is 0 Å². The van der Waals surface area contributed by atoms with Crippen molar-refractivity contribution in [3.63, 3.8) is 0 Å². The SMILES string of the molecule is O=C(O)C1=NN(c2ncccn2)C(=O)CC1. The van der Waals surface area contributed by atoms with Crippen LogP contribution in [0.15, 0.2) is 23.6 Å². The summed E-state index contributed by atoms with van der Waals surface area (Å²) in [5.74, 6) is -1.35. The quantitative estimate of drug-likeness (QED) is 0.759. The summed E-state index contributed by atoms with van der Waals surface area (Å²) in [6, 6.07) is 1.60. The Morgan fingerprint density at radius 2 is 2.00 bits per heavy atom. The number of carboxylic acid groups (broad SMARTS) is 1. The summed E-state index contributed by atoms with van der Waals surface area (Å²) in [7, 11) is 0. The molecule has 82 valence electrons. The van der Waals surface area contributed by atoms with Crippen molar-refractivity contribution >= 4 is 23.5 Å². The molecule has 0 saturated heterocycles. The molecule has 1 amide bonds. The Labute approximate surface area is 90.4 Å². The van der Waals surface area contributed by atoms with Crippen LogP contribution in [0.1, 0.15) is 12.8 Å². The first-order valence-corrected chi connectivity index (χ1v) is 4.59. The molecule has 2 heterocycles. The van der Waals surface area contributed by atoms with Gasteiger partial charge in [0.15, 0.2) is 0 Å². The van der Waals surface area contributed by atoms with Gasteiger partial charge in [0.1, 0.15) is 5.71 Å². The second-order valence-corrected chi connectivity index (χ2v) is 3.11. The molecule has 0 aliphatic carbocycles. The lowest BCUT2D eigenvalue weighted by molar-refractivity contribution is -0.129. The van der Waals surface area contributed by atoms with Gasteiger partial charge < -0.3 is 5.11 Å². The minimum Gasteiger partial charge on any atom is -0.477 e. The van der Waals surface area contributed by atoms with Gasteiger partial charge in [-0.25, -0.2) is 14.8 Å². The predicted molar refractivity (Wildman–Crippen MR) is 53.8 cm³/mol. The summed E-state index contributed by atoms with van der Waals surface area (Å²) < 4.78 is 0. The van der Waals surface area contributed by atoms with Gasteiger partial charge in [0.2, 0.25) is 0 Å². The molecule has 0 radical (unpaired) electrons. The molecule has 0 atom stereocenters. The fourth-order valence-electron chi connectivity index (χ4n) is 1.26. The van der Waals surface area contributed by atoms with Gasteiger partial charge in [-0.1, -0.05) is 0 Å². The molecule has 16 heavy (non-hydrogen) atoms. The summed E-state index contributed by atoms with van der Waals surface area (Å²) in [4.78, 5) is 29.9. The molecule has 0 bridgehead atoms. The number of anilines is 1. The highest BCUT2D eigenvalue weighted by molar-refractivity contribution is 6.37. The minimum atomic E-state index is -1.13. The summed E-state index contributed by atoms with van der Waals surface area (Å²) in [6.45, 7) is 0. The van der Waals surface area contributed by atoms with Gasteiger partial charge in [-0.05, 0) is 6.07 Å². The third-order valence-corrected chi connectivity index (χ3v) is 2.02. The van der Waals surface area contributed by atoms with Crippen molar-refractivity contribution in [3.05, 3.63) is 18.5 Å². The summed E-state index contributed by atoms with van der Waals surface area (Å²) >= 11 is 0. The van der Waals surface area contributed by atoms with Gasteiger partial charge in [-0.3, -0.25) is 4.79 Å². The van der Waals surface area contributed by atoms with E-state index < -0.39 is 5.97 Å². The van der Waals surface area contributed by atoms with Crippen molar-refractivity contribution in [2.24, 2.45) is 5.10 Å². The molecule has 0 fully saturated rings. The van der Waals surface area contributed by atoms with E-state index in [1.165, 1.54) is 12.4 Å². The summed E-state index contributed by atoms with van der Waals surface area (Å²) in [5.41, 5.74) is -0.0629. The molecular formula is C9H8N4O3. The van der Waals surface area contributed by atoms with Crippen LogP contribution in [-0.4, -0.2) is 32.7 Å². The number of rotatable bonds is 2. The van der Waals surface area contributed by atoms with Crippen molar-refractivity contribution in [1.29, 1.82) is 0 Å². The maximum Gasteiger partial charge on any atom is 0.352 e. The van der Waals surface area contributed by atoms with Gasteiger partial charge in [0, 0.05) is 25.2 Å². The number of carboxylic acids is 1. The number of aromatic nitrogens is 2. The number of hydrogen-bond acceptors (Lipinski definition) is 5. The zero-order valence-electron chi connectivity index (χ0n) is 8.20. The summed E-state index contributed by atoms with van der Waals surface area (Å²) in [5, 5.41) is 13.4. The minimum absolute atomic E-state index is 0.0629. The molecule has 0 unspecified atom stereocenters. The topological polar surface area (TPSA) is 95.8 Å². The van der Waals surface area contributed by atoms with E-state index in [0.717, 1.165) is 5.01 Å². The van der Waals surface area contributed by atoms with Gasteiger partial charge in [0.25, 0.3) is 11.9 Å². The van der Waals surface area contributed by atoms with Gasteiger partial charge in [-0.2, -0.15) is 10.1 Å². The zero-order valence-corrected chi connectivity index (χ0v) is 8.20. The molecule has 0 spiro atoms. The van der Waals surface area contributed by atoms with E-state index in [-0.39, 0.29) is 30.4 Å². The molecular weight excluding hydrogens is 212 g/mol. The maximum absolute atomic E-state index is 11.5. The first-order valence-electron chi connectivity index (χ1n) is 4.59. The Morgan fingerprint density at radius 3 is 2.62 bits per heavy atom. The Hall–Kier alpha value is -2.31. The second-order valence-electron chi connectivity index (χ2n) is 3.11. The lowest BCUT2D eigenvalue weighted by atomic mass is 10.2. The van der Waals surface area contributed by atoms with Crippen LogP contribution in [0, 0.1) is 0 Å². The van der Waals surface area contributed by atoms with E-state index in [4.69, 9.17) is 5.11 Å². The van der Waals surface area contributed by atoms with E-state index in [1.807, 2.05) is 0 Å². The van der Waals surface area contributed by atoms with Crippen molar-refractivity contribution in [2.75, 3.05) is 5.01 Å². The van der Waals surface area contributed by atoms with Gasteiger partial charge in [0.05, 0.1) is 0 Å². The number of amides is 1. The Kier molecular flexibility index (Phi) is 2.59. The Balaban J connectivity index is 2.35. The normalized spacial score (nSPS) is 15.9. The van der Waals surface area contributed by atoms with Crippen LogP contribution in [0.4, 0.5) is 5.95 Å². The molecule has 0 aromatic carbocycles. The van der Waals surface area contributed by atoms with E-state index in [9.17, 15) is 9.59 Å². The highest BCUT2D eigenvalue weighted by Gasteiger charge is 2.26. The number of hydrazone groups is 1. The van der Waals surface area contributed by atoms with Crippen LogP contribution >= 0.6 is 0 Å². The molecule has 1 aromatic heterocycles. The average molecular weight is 220 g/mol. The van der Waals surface area contributed by atoms with Crippen LogP contribution in [-0.2, 0) is 9.59 Å². The fourth-order valence-corrected chi connectivity index (χ4v) is 1.26. The monoisotopic (exact) mass is 220 g/mol. The first kappa shape index (κ1) is 10.2. The standard InChI is InChI=1S/C9H8N4O3/c14-7-3-2-6(8(15)16)12-13(7)9-10-4-1-5-11-9/h1,4-5H,2-3H2,(H,15,16). The highest BCUT2D eigenvalue weighted by atomic mass is 16.4. The number of aliphatic carboxylic acids is 1. The van der Waals surface area contributed by atoms with E-state index in [2.05, 4.69) is 15.1 Å². The lowest BCUT2D eigenvalue weighted by Gasteiger charge is -2.19. The number of carbonyl (C=O) groups is 2. The molecule has 0 saturated carbocycles. The van der Waals surface area contributed by atoms with Crippen molar-refractivity contribution in [2.45, 2.75) is 12.8 Å². The largest absolute Gasteiger partial charge is 0.477 e. The van der Waals surface area contributed by atoms with Crippen molar-refractivity contribution < 1.29 is 14.7 Å². The molecule has 1 aromatic rings. The van der Waals surface area contributed by atoms with Gasteiger partial charge >= 0.3 is 5.97 Å². The number of carbonyl (C=O) groups excluding carboxylic acids is 1. The zero-order chi connectivity index (χ0) is 11.5. The Morgan fingerprint density at radius 1 is 1.31 bits per heavy atom. The van der Waals surface area contributed by atoms with Crippen LogP contribution in [0.3, 0.4) is 0 Å². The Bertz CT molecular complexity index is 457. The predicted octanol–water partition coefficient (Wildman–Crippen LogP) is 0.0440. The third kappa shape index (κ3) is 1.88. The number of nitrogens with zero attached hydrogens (tertiary/aromatic N) is 4. The molecule has 2 rings (SSSR count). The van der Waals surface area contributed by atoms with E-state index in [0.29, 0.717) is 0 Å². The van der Waals surface area contributed by atoms with E-state index >= 15 is 0 Å². The van der Waals surface area contributed by atoms with Crippen LogP contribution in [0.2, 0.25) is 0 Å². The maximum atomic E-state index is 11.5. The molecule has 1 N–H and O–H groups in total. The molecule has 1 aliphatic rings. The van der Waals surface area contributed by atoms with Crippen LogP contribution < -0.4 is 5.01 Å². The second kappa shape index (κ2) is 4.05. The van der Waals surface area contributed by atoms with Crippen molar-refractivity contribution in [1.82, 2.24) is 9.97 Å². The molecule has 1 aliphatic heterocycles. The fraction of sp³-hybridized carbons (Fsp3) is 0.222. The van der Waals surface area contributed by atoms with E-state index in [1.54, 1.807) is 6.07 Å². The first-order chi connectivity index (χ1) is 7.68. The molecule has 7 heteroatoms. The van der Waals surface area contributed by atoms with Crippen LogP contribution in [0.25, 0.3) is 0 Å². The number of hydrogen-bond donors (Lipinski definition) is 1. The molecule has 7 nitrogen and oxygen atoms in total.